The molecule has 0 spiro atoms. The highest BCUT2D eigenvalue weighted by Gasteiger charge is 2.34. The van der Waals surface area contributed by atoms with Crippen LogP contribution in [0.3, 0.4) is 0 Å². The molecule has 0 saturated carbocycles. The van der Waals surface area contributed by atoms with Crippen LogP contribution < -0.4 is 14.4 Å². The van der Waals surface area contributed by atoms with Crippen LogP contribution in [0, 0.1) is 5.92 Å². The molecule has 0 radical (unpaired) electrons. The topological polar surface area (TPSA) is 96.0 Å². The Morgan fingerprint density at radius 3 is 2.55 bits per heavy atom. The summed E-state index contributed by atoms with van der Waals surface area (Å²) in [6.45, 7) is 3.07. The lowest BCUT2D eigenvalue weighted by Crippen LogP contribution is -2.42. The van der Waals surface area contributed by atoms with Crippen molar-refractivity contribution in [2.24, 2.45) is 5.92 Å². The third-order valence-electron chi connectivity index (χ3n) is 5.79. The Bertz CT molecular complexity index is 1120. The minimum absolute atomic E-state index is 0.0634. The number of nitrogens with one attached hydrogen (secondary N) is 1. The van der Waals surface area contributed by atoms with Crippen LogP contribution in [0.5, 0.6) is 5.75 Å². The van der Waals surface area contributed by atoms with Gasteiger partial charge in [-0.1, -0.05) is 19.1 Å². The normalized spacial score (nSPS) is 17.2. The summed E-state index contributed by atoms with van der Waals surface area (Å²) in [7, 11) is -2.63. The standard InChI is InChI=1S/C22H25N3O5S/c1-15-9-11-24(12-10-15)22(27)17-13-16(7-8-20(17)30-2)31(28,29)25-14-21(26)23-18-5-3-4-6-19(18)25/h3-8,13,15H,9-12,14H2,1-2H3,(H,23,26). The van der Waals surface area contributed by atoms with E-state index in [1.54, 1.807) is 29.2 Å². The summed E-state index contributed by atoms with van der Waals surface area (Å²) in [5.74, 6) is 0.203. The Labute approximate surface area is 181 Å². The highest BCUT2D eigenvalue weighted by Crippen LogP contribution is 2.34. The van der Waals surface area contributed by atoms with Crippen LogP contribution in [-0.2, 0) is 14.8 Å². The minimum atomic E-state index is -4.08. The average molecular weight is 444 g/mol. The Hall–Kier alpha value is -3.07. The number of nitrogens with zero attached hydrogens (tertiary/aromatic N) is 2. The summed E-state index contributed by atoms with van der Waals surface area (Å²) in [5, 5.41) is 2.68. The molecule has 164 valence electrons. The predicted octanol–water partition coefficient (Wildman–Crippen LogP) is 2.71. The first-order valence-electron chi connectivity index (χ1n) is 10.2. The number of carbonyl (C=O) groups is 2. The van der Waals surface area contributed by atoms with Crippen molar-refractivity contribution in [1.82, 2.24) is 4.90 Å². The van der Waals surface area contributed by atoms with Gasteiger partial charge in [0.25, 0.3) is 15.9 Å². The Kier molecular flexibility index (Phi) is 5.62. The number of ether oxygens (including phenoxy) is 1. The fourth-order valence-corrected chi connectivity index (χ4v) is 5.41. The smallest absolute Gasteiger partial charge is 0.264 e. The number of likely N-dealkylation sites (tertiary alicyclic amines) is 1. The molecule has 0 unspecified atom stereocenters. The largest absolute Gasteiger partial charge is 0.496 e. The lowest BCUT2D eigenvalue weighted by Gasteiger charge is -2.31. The van der Waals surface area contributed by atoms with E-state index >= 15 is 0 Å². The van der Waals surface area contributed by atoms with Crippen molar-refractivity contribution >= 4 is 33.2 Å². The number of carbonyl (C=O) groups excluding carboxylic acids is 2. The number of amides is 2. The number of benzene rings is 2. The van der Waals surface area contributed by atoms with Gasteiger partial charge in [0.2, 0.25) is 5.91 Å². The molecule has 4 rings (SSSR count). The molecular weight excluding hydrogens is 418 g/mol. The van der Waals surface area contributed by atoms with Crippen molar-refractivity contribution in [2.75, 3.05) is 36.4 Å². The van der Waals surface area contributed by atoms with E-state index in [4.69, 9.17) is 4.74 Å². The van der Waals surface area contributed by atoms with Crippen molar-refractivity contribution in [1.29, 1.82) is 0 Å². The zero-order valence-corrected chi connectivity index (χ0v) is 18.3. The monoisotopic (exact) mass is 443 g/mol. The van der Waals surface area contributed by atoms with Gasteiger partial charge in [0.1, 0.15) is 12.3 Å². The molecule has 9 heteroatoms. The molecule has 2 aliphatic rings. The molecular formula is C22H25N3O5S. The molecule has 0 aromatic heterocycles. The third-order valence-corrected chi connectivity index (χ3v) is 7.55. The molecule has 1 fully saturated rings. The molecule has 2 aliphatic heterocycles. The molecule has 1 saturated heterocycles. The molecule has 0 atom stereocenters. The maximum atomic E-state index is 13.5. The second-order valence-electron chi connectivity index (χ2n) is 7.91. The second kappa shape index (κ2) is 8.22. The van der Waals surface area contributed by atoms with Crippen LogP contribution in [0.1, 0.15) is 30.1 Å². The molecule has 0 aliphatic carbocycles. The van der Waals surface area contributed by atoms with Gasteiger partial charge in [0.15, 0.2) is 0 Å². The van der Waals surface area contributed by atoms with Gasteiger partial charge in [0.05, 0.1) is 28.9 Å². The predicted molar refractivity (Wildman–Crippen MR) is 117 cm³/mol. The Morgan fingerprint density at radius 2 is 1.84 bits per heavy atom. The van der Waals surface area contributed by atoms with E-state index in [0.717, 1.165) is 17.1 Å². The number of hydrogen-bond donors (Lipinski definition) is 1. The first-order chi connectivity index (χ1) is 14.8. The molecule has 2 aromatic rings. The van der Waals surface area contributed by atoms with Crippen molar-refractivity contribution in [3.05, 3.63) is 48.0 Å². The zero-order chi connectivity index (χ0) is 22.2. The summed E-state index contributed by atoms with van der Waals surface area (Å²) in [6, 6.07) is 11.0. The Balaban J connectivity index is 1.72. The first-order valence-corrected chi connectivity index (χ1v) is 11.6. The Morgan fingerprint density at radius 1 is 1.13 bits per heavy atom. The van der Waals surface area contributed by atoms with Crippen LogP contribution in [0.25, 0.3) is 0 Å². The van der Waals surface area contributed by atoms with E-state index in [0.29, 0.717) is 36.1 Å². The van der Waals surface area contributed by atoms with Crippen molar-refractivity contribution < 1.29 is 22.7 Å². The molecule has 31 heavy (non-hydrogen) atoms. The van der Waals surface area contributed by atoms with Crippen molar-refractivity contribution in [2.45, 2.75) is 24.7 Å². The van der Waals surface area contributed by atoms with Crippen LogP contribution in [0.15, 0.2) is 47.4 Å². The number of rotatable bonds is 4. The first kappa shape index (κ1) is 21.2. The van der Waals surface area contributed by atoms with Gasteiger partial charge in [-0.05, 0) is 49.1 Å². The molecule has 2 aromatic carbocycles. The summed E-state index contributed by atoms with van der Waals surface area (Å²) in [5.41, 5.74) is 1.01. The third kappa shape index (κ3) is 3.97. The zero-order valence-electron chi connectivity index (χ0n) is 17.5. The van der Waals surface area contributed by atoms with Gasteiger partial charge >= 0.3 is 0 Å². The fourth-order valence-electron chi connectivity index (χ4n) is 3.94. The number of hydrogen-bond acceptors (Lipinski definition) is 5. The number of para-hydroxylation sites is 2. The van der Waals surface area contributed by atoms with Gasteiger partial charge in [-0.3, -0.25) is 13.9 Å². The quantitative estimate of drug-likeness (QED) is 0.784. The summed E-state index contributed by atoms with van der Waals surface area (Å²) in [4.78, 5) is 27.0. The summed E-state index contributed by atoms with van der Waals surface area (Å²) < 4.78 is 33.4. The van der Waals surface area contributed by atoms with Crippen molar-refractivity contribution in [3.8, 4) is 5.75 Å². The summed E-state index contributed by atoms with van der Waals surface area (Å²) in [6.07, 6.45) is 1.82. The second-order valence-corrected chi connectivity index (χ2v) is 9.78. The highest BCUT2D eigenvalue weighted by molar-refractivity contribution is 7.92. The minimum Gasteiger partial charge on any atom is -0.496 e. The van der Waals surface area contributed by atoms with E-state index in [1.807, 2.05) is 0 Å². The molecule has 2 amide bonds. The van der Waals surface area contributed by atoms with Gasteiger partial charge in [-0.25, -0.2) is 8.42 Å². The van der Waals surface area contributed by atoms with Crippen LogP contribution >= 0.6 is 0 Å². The van der Waals surface area contributed by atoms with E-state index in [-0.39, 0.29) is 22.9 Å². The van der Waals surface area contributed by atoms with Gasteiger partial charge < -0.3 is 15.0 Å². The number of sulfonamides is 1. The molecule has 8 nitrogen and oxygen atoms in total. The van der Waals surface area contributed by atoms with Crippen molar-refractivity contribution in [3.63, 3.8) is 0 Å². The lowest BCUT2D eigenvalue weighted by atomic mass is 9.98. The van der Waals surface area contributed by atoms with E-state index in [2.05, 4.69) is 12.2 Å². The maximum absolute atomic E-state index is 13.5. The van der Waals surface area contributed by atoms with Gasteiger partial charge in [0, 0.05) is 13.1 Å². The van der Waals surface area contributed by atoms with Crippen LogP contribution in [0.2, 0.25) is 0 Å². The van der Waals surface area contributed by atoms with E-state index < -0.39 is 15.9 Å². The molecule has 0 bridgehead atoms. The number of methoxy groups -OCH3 is 1. The fraction of sp³-hybridized carbons (Fsp3) is 0.364. The van der Waals surface area contributed by atoms with Crippen LogP contribution in [0.4, 0.5) is 11.4 Å². The lowest BCUT2D eigenvalue weighted by molar-refractivity contribution is -0.115. The van der Waals surface area contributed by atoms with E-state index in [1.165, 1.54) is 25.3 Å². The highest BCUT2D eigenvalue weighted by atomic mass is 32.2. The SMILES string of the molecule is COc1ccc(S(=O)(=O)N2CC(=O)Nc3ccccc32)cc1C(=O)N1CCC(C)CC1. The maximum Gasteiger partial charge on any atom is 0.264 e. The number of anilines is 2. The number of fused-ring (bicyclic) bond motifs is 1. The van der Waals surface area contributed by atoms with Gasteiger partial charge in [-0.2, -0.15) is 0 Å². The van der Waals surface area contributed by atoms with E-state index in [9.17, 15) is 18.0 Å². The molecule has 2 heterocycles. The van der Waals surface area contributed by atoms with Crippen LogP contribution in [-0.4, -0.2) is 51.9 Å². The summed E-state index contributed by atoms with van der Waals surface area (Å²) >= 11 is 0. The number of piperidine rings is 1. The molecule has 1 N–H and O–H groups in total. The average Bonchev–Trinajstić information content (AvgIpc) is 2.78. The van der Waals surface area contributed by atoms with Gasteiger partial charge in [-0.15, -0.1) is 0 Å².